The monoisotopic (exact) mass is 354 g/mol. The molecule has 0 saturated carbocycles. The Kier molecular flexibility index (Phi) is 5.41. The van der Waals surface area contributed by atoms with Crippen LogP contribution in [0.15, 0.2) is 42.5 Å². The van der Waals surface area contributed by atoms with Gasteiger partial charge in [0.2, 0.25) is 5.91 Å². The van der Waals surface area contributed by atoms with Crippen LogP contribution in [0.3, 0.4) is 0 Å². The fraction of sp³-hybridized carbons (Fsp3) is 0.300. The summed E-state index contributed by atoms with van der Waals surface area (Å²) in [6, 6.07) is 12.7. The van der Waals surface area contributed by atoms with E-state index in [9.17, 15) is 9.59 Å². The van der Waals surface area contributed by atoms with Crippen LogP contribution in [-0.4, -0.2) is 36.5 Å². The molecule has 0 atom stereocenters. The average molecular weight is 354 g/mol. The van der Waals surface area contributed by atoms with Crippen LogP contribution in [0.5, 0.6) is 11.5 Å². The van der Waals surface area contributed by atoms with Gasteiger partial charge < -0.3 is 19.7 Å². The molecule has 26 heavy (non-hydrogen) atoms. The lowest BCUT2D eigenvalue weighted by Gasteiger charge is -2.17. The third kappa shape index (κ3) is 3.79. The van der Waals surface area contributed by atoms with Crippen molar-refractivity contribution in [2.45, 2.75) is 20.4 Å². The van der Waals surface area contributed by atoms with Gasteiger partial charge in [0.25, 0.3) is 5.91 Å². The zero-order valence-corrected chi connectivity index (χ0v) is 15.0. The molecule has 1 aliphatic heterocycles. The number of carbonyl (C=O) groups is 2. The van der Waals surface area contributed by atoms with Crippen LogP contribution in [0.4, 0.5) is 5.69 Å². The molecule has 3 rings (SSSR count). The summed E-state index contributed by atoms with van der Waals surface area (Å²) in [5, 5.41) is 2.83. The zero-order chi connectivity index (χ0) is 18.5. The van der Waals surface area contributed by atoms with Gasteiger partial charge in [0, 0.05) is 18.2 Å². The van der Waals surface area contributed by atoms with Crippen molar-refractivity contribution < 1.29 is 19.1 Å². The van der Waals surface area contributed by atoms with Gasteiger partial charge in [-0.3, -0.25) is 9.59 Å². The van der Waals surface area contributed by atoms with Crippen LogP contribution >= 0.6 is 0 Å². The normalized spacial score (nSPS) is 12.7. The van der Waals surface area contributed by atoms with E-state index < -0.39 is 0 Å². The highest BCUT2D eigenvalue weighted by Crippen LogP contribution is 2.30. The Morgan fingerprint density at radius 2 is 1.88 bits per heavy atom. The molecular weight excluding hydrogens is 332 g/mol. The first-order valence-corrected chi connectivity index (χ1v) is 8.69. The van der Waals surface area contributed by atoms with Crippen molar-refractivity contribution in [3.8, 4) is 11.5 Å². The maximum atomic E-state index is 12.5. The summed E-state index contributed by atoms with van der Waals surface area (Å²) >= 11 is 0. The number of anilines is 1. The van der Waals surface area contributed by atoms with Gasteiger partial charge in [-0.2, -0.15) is 0 Å². The molecule has 0 radical (unpaired) electrons. The van der Waals surface area contributed by atoms with E-state index in [2.05, 4.69) is 5.32 Å². The molecule has 0 aromatic heterocycles. The van der Waals surface area contributed by atoms with Crippen molar-refractivity contribution in [2.24, 2.45) is 0 Å². The lowest BCUT2D eigenvalue weighted by Crippen LogP contribution is -2.33. The Labute approximate surface area is 152 Å². The van der Waals surface area contributed by atoms with Gasteiger partial charge in [0.15, 0.2) is 0 Å². The van der Waals surface area contributed by atoms with E-state index in [0.29, 0.717) is 42.5 Å². The van der Waals surface area contributed by atoms with Crippen LogP contribution in [0, 0.1) is 0 Å². The summed E-state index contributed by atoms with van der Waals surface area (Å²) in [4.78, 5) is 26.4. The third-order valence-electron chi connectivity index (χ3n) is 4.07. The SMILES string of the molecule is CCOc1ccc(OCC)c(NC(=O)CN2Cc3ccccc3C2=O)c1. The third-order valence-corrected chi connectivity index (χ3v) is 4.07. The van der Waals surface area contributed by atoms with Crippen molar-refractivity contribution >= 4 is 17.5 Å². The second-order valence-corrected chi connectivity index (χ2v) is 5.89. The molecule has 0 saturated heterocycles. The van der Waals surface area contributed by atoms with Gasteiger partial charge in [0.1, 0.15) is 18.0 Å². The Bertz CT molecular complexity index is 819. The minimum atomic E-state index is -0.277. The van der Waals surface area contributed by atoms with Crippen LogP contribution in [0.2, 0.25) is 0 Å². The Morgan fingerprint density at radius 1 is 1.12 bits per heavy atom. The fourth-order valence-corrected chi connectivity index (χ4v) is 2.95. The number of rotatable bonds is 7. The Balaban J connectivity index is 1.70. The number of benzene rings is 2. The molecule has 136 valence electrons. The molecular formula is C20H22N2O4. The first kappa shape index (κ1) is 17.8. The van der Waals surface area contributed by atoms with E-state index in [1.54, 1.807) is 24.3 Å². The summed E-state index contributed by atoms with van der Waals surface area (Å²) in [6.45, 7) is 5.21. The number of hydrogen-bond donors (Lipinski definition) is 1. The van der Waals surface area contributed by atoms with Crippen molar-refractivity contribution in [1.29, 1.82) is 0 Å². The highest BCUT2D eigenvalue weighted by molar-refractivity contribution is 6.02. The number of carbonyl (C=O) groups excluding carboxylic acids is 2. The fourth-order valence-electron chi connectivity index (χ4n) is 2.95. The second-order valence-electron chi connectivity index (χ2n) is 5.89. The van der Waals surface area contributed by atoms with Gasteiger partial charge >= 0.3 is 0 Å². The minimum Gasteiger partial charge on any atom is -0.494 e. The van der Waals surface area contributed by atoms with Crippen molar-refractivity contribution in [3.63, 3.8) is 0 Å². The molecule has 0 spiro atoms. The van der Waals surface area contributed by atoms with Crippen molar-refractivity contribution in [1.82, 2.24) is 4.90 Å². The summed E-state index contributed by atoms with van der Waals surface area (Å²) < 4.78 is 11.0. The molecule has 2 aromatic rings. The zero-order valence-electron chi connectivity index (χ0n) is 15.0. The molecule has 1 heterocycles. The molecule has 0 bridgehead atoms. The number of amides is 2. The molecule has 2 aromatic carbocycles. The van der Waals surface area contributed by atoms with Crippen LogP contribution in [-0.2, 0) is 11.3 Å². The van der Waals surface area contributed by atoms with Gasteiger partial charge in [-0.25, -0.2) is 0 Å². The van der Waals surface area contributed by atoms with Gasteiger partial charge in [-0.15, -0.1) is 0 Å². The molecule has 6 nitrogen and oxygen atoms in total. The molecule has 0 fully saturated rings. The molecule has 6 heteroatoms. The molecule has 0 unspecified atom stereocenters. The quantitative estimate of drug-likeness (QED) is 0.830. The highest BCUT2D eigenvalue weighted by Gasteiger charge is 2.28. The Hall–Kier alpha value is -3.02. The summed E-state index contributed by atoms with van der Waals surface area (Å²) in [7, 11) is 0. The average Bonchev–Trinajstić information content (AvgIpc) is 2.94. The summed E-state index contributed by atoms with van der Waals surface area (Å²) in [5.41, 5.74) is 2.14. The Morgan fingerprint density at radius 3 is 2.62 bits per heavy atom. The molecule has 2 amide bonds. The van der Waals surface area contributed by atoms with E-state index in [0.717, 1.165) is 5.56 Å². The van der Waals surface area contributed by atoms with Crippen LogP contribution < -0.4 is 14.8 Å². The highest BCUT2D eigenvalue weighted by atomic mass is 16.5. The first-order chi connectivity index (χ1) is 12.6. The standard InChI is InChI=1S/C20H22N2O4/c1-3-25-15-9-10-18(26-4-2)17(11-15)21-19(23)13-22-12-14-7-5-6-8-16(14)20(22)24/h5-11H,3-4,12-13H2,1-2H3,(H,21,23). The van der Waals surface area contributed by atoms with E-state index in [1.807, 2.05) is 32.0 Å². The van der Waals surface area contributed by atoms with E-state index >= 15 is 0 Å². The first-order valence-electron chi connectivity index (χ1n) is 8.69. The lowest BCUT2D eigenvalue weighted by molar-refractivity contribution is -0.116. The number of fused-ring (bicyclic) bond motifs is 1. The molecule has 0 aliphatic carbocycles. The maximum absolute atomic E-state index is 12.5. The smallest absolute Gasteiger partial charge is 0.254 e. The maximum Gasteiger partial charge on any atom is 0.254 e. The minimum absolute atomic E-state index is 0.0159. The summed E-state index contributed by atoms with van der Waals surface area (Å²) in [6.07, 6.45) is 0. The summed E-state index contributed by atoms with van der Waals surface area (Å²) in [5.74, 6) is 0.820. The number of ether oxygens (including phenoxy) is 2. The van der Waals surface area contributed by atoms with Crippen molar-refractivity contribution in [3.05, 3.63) is 53.6 Å². The van der Waals surface area contributed by atoms with Crippen LogP contribution in [0.1, 0.15) is 29.8 Å². The number of nitrogens with zero attached hydrogens (tertiary/aromatic N) is 1. The molecule has 1 N–H and O–H groups in total. The predicted molar refractivity (Wildman–Crippen MR) is 98.6 cm³/mol. The predicted octanol–water partition coefficient (Wildman–Crippen LogP) is 3.08. The van der Waals surface area contributed by atoms with Crippen LogP contribution in [0.25, 0.3) is 0 Å². The van der Waals surface area contributed by atoms with E-state index in [-0.39, 0.29) is 18.4 Å². The lowest BCUT2D eigenvalue weighted by atomic mass is 10.1. The number of nitrogens with one attached hydrogen (secondary N) is 1. The number of hydrogen-bond acceptors (Lipinski definition) is 4. The largest absolute Gasteiger partial charge is 0.494 e. The van der Waals surface area contributed by atoms with E-state index in [4.69, 9.17) is 9.47 Å². The topological polar surface area (TPSA) is 67.9 Å². The van der Waals surface area contributed by atoms with Gasteiger partial charge in [-0.05, 0) is 37.6 Å². The van der Waals surface area contributed by atoms with Crippen molar-refractivity contribution in [2.75, 3.05) is 25.1 Å². The molecule has 1 aliphatic rings. The second kappa shape index (κ2) is 7.91. The van der Waals surface area contributed by atoms with E-state index in [1.165, 1.54) is 4.90 Å². The van der Waals surface area contributed by atoms with Gasteiger partial charge in [-0.1, -0.05) is 18.2 Å². The van der Waals surface area contributed by atoms with Gasteiger partial charge in [0.05, 0.1) is 18.9 Å².